The van der Waals surface area contributed by atoms with Crippen LogP contribution in [0, 0.1) is 6.92 Å². The molecule has 4 N–H and O–H groups in total. The second-order valence-corrected chi connectivity index (χ2v) is 9.12. The number of rotatable bonds is 6. The van der Waals surface area contributed by atoms with Gasteiger partial charge in [-0.05, 0) is 43.3 Å². The minimum atomic E-state index is -3.82. The Balaban J connectivity index is 1.39. The Labute approximate surface area is 196 Å². The SMILES string of the molecule is Cc1ccc(S(=O)(=O)Nc2cccc(C(=O)NNC(=O)c3cc(-c4ccccc4)n[nH]3)c2)cc1. The molecule has 2 amide bonds. The lowest BCUT2D eigenvalue weighted by atomic mass is 10.1. The standard InChI is InChI=1S/C24H21N5O4S/c1-16-10-12-20(13-11-16)34(32,33)29-19-9-5-8-18(14-19)23(30)27-28-24(31)22-15-21(25-26-22)17-6-3-2-4-7-17/h2-15,29H,1H3,(H,25,26)(H,27,30)(H,28,31). The smallest absolute Gasteiger partial charge is 0.280 e. The van der Waals surface area contributed by atoms with E-state index < -0.39 is 21.8 Å². The first-order valence-electron chi connectivity index (χ1n) is 10.2. The molecule has 0 saturated carbocycles. The molecule has 0 unspecified atom stereocenters. The van der Waals surface area contributed by atoms with E-state index in [1.54, 1.807) is 18.2 Å². The molecule has 0 bridgehead atoms. The van der Waals surface area contributed by atoms with Gasteiger partial charge in [0.2, 0.25) is 0 Å². The topological polar surface area (TPSA) is 133 Å². The van der Waals surface area contributed by atoms with Gasteiger partial charge in [-0.25, -0.2) is 8.42 Å². The van der Waals surface area contributed by atoms with Crippen molar-refractivity contribution in [3.05, 3.63) is 102 Å². The van der Waals surface area contributed by atoms with Crippen molar-refractivity contribution >= 4 is 27.5 Å². The molecule has 3 aromatic carbocycles. The van der Waals surface area contributed by atoms with Crippen LogP contribution < -0.4 is 15.6 Å². The average Bonchev–Trinajstić information content (AvgIpc) is 3.34. The highest BCUT2D eigenvalue weighted by Crippen LogP contribution is 2.18. The molecule has 0 aliphatic heterocycles. The highest BCUT2D eigenvalue weighted by Gasteiger charge is 2.16. The number of hydrogen-bond acceptors (Lipinski definition) is 5. The number of benzene rings is 3. The van der Waals surface area contributed by atoms with Crippen LogP contribution in [0.25, 0.3) is 11.3 Å². The summed E-state index contributed by atoms with van der Waals surface area (Å²) in [6.45, 7) is 1.86. The maximum atomic E-state index is 12.6. The molecule has 0 saturated heterocycles. The Hall–Kier alpha value is -4.44. The molecule has 0 atom stereocenters. The minimum absolute atomic E-state index is 0.106. The molecule has 0 spiro atoms. The third kappa shape index (κ3) is 5.30. The maximum absolute atomic E-state index is 12.6. The van der Waals surface area contributed by atoms with E-state index in [0.29, 0.717) is 5.69 Å². The molecule has 0 fully saturated rings. The van der Waals surface area contributed by atoms with E-state index in [0.717, 1.165) is 11.1 Å². The van der Waals surface area contributed by atoms with E-state index in [2.05, 4.69) is 25.8 Å². The Morgan fingerprint density at radius 3 is 2.26 bits per heavy atom. The summed E-state index contributed by atoms with van der Waals surface area (Å²) < 4.78 is 27.6. The number of sulfonamides is 1. The molecule has 1 heterocycles. The molecule has 34 heavy (non-hydrogen) atoms. The number of nitrogens with one attached hydrogen (secondary N) is 4. The van der Waals surface area contributed by atoms with Crippen LogP contribution in [0.5, 0.6) is 0 Å². The van der Waals surface area contributed by atoms with Crippen molar-refractivity contribution in [2.45, 2.75) is 11.8 Å². The number of H-pyrrole nitrogens is 1. The summed E-state index contributed by atoms with van der Waals surface area (Å²) in [6, 6.07) is 23.2. The quantitative estimate of drug-likeness (QED) is 0.318. The summed E-state index contributed by atoms with van der Waals surface area (Å²) in [5.41, 5.74) is 7.51. The zero-order valence-electron chi connectivity index (χ0n) is 18.1. The maximum Gasteiger partial charge on any atom is 0.287 e. The van der Waals surface area contributed by atoms with Gasteiger partial charge in [0, 0.05) is 16.8 Å². The summed E-state index contributed by atoms with van der Waals surface area (Å²) in [5, 5.41) is 6.74. The third-order valence-electron chi connectivity index (χ3n) is 4.89. The number of hydrogen-bond donors (Lipinski definition) is 4. The van der Waals surface area contributed by atoms with Gasteiger partial charge in [-0.1, -0.05) is 54.1 Å². The monoisotopic (exact) mass is 475 g/mol. The fourth-order valence-electron chi connectivity index (χ4n) is 3.10. The zero-order chi connectivity index (χ0) is 24.1. The summed E-state index contributed by atoms with van der Waals surface area (Å²) in [4.78, 5) is 25.0. The van der Waals surface area contributed by atoms with Crippen LogP contribution in [0.3, 0.4) is 0 Å². The third-order valence-corrected chi connectivity index (χ3v) is 6.29. The fourth-order valence-corrected chi connectivity index (χ4v) is 4.15. The van der Waals surface area contributed by atoms with Crippen molar-refractivity contribution in [2.24, 2.45) is 0 Å². The predicted molar refractivity (Wildman–Crippen MR) is 127 cm³/mol. The Morgan fingerprint density at radius 1 is 0.824 bits per heavy atom. The summed E-state index contributed by atoms with van der Waals surface area (Å²) >= 11 is 0. The summed E-state index contributed by atoms with van der Waals surface area (Å²) in [6.07, 6.45) is 0. The van der Waals surface area contributed by atoms with Gasteiger partial charge in [-0.2, -0.15) is 5.10 Å². The van der Waals surface area contributed by atoms with Gasteiger partial charge in [-0.3, -0.25) is 30.3 Å². The van der Waals surface area contributed by atoms with Crippen molar-refractivity contribution in [3.63, 3.8) is 0 Å². The molecule has 0 radical (unpaired) electrons. The number of aryl methyl sites for hydroxylation is 1. The van der Waals surface area contributed by atoms with Gasteiger partial charge in [0.25, 0.3) is 21.8 Å². The van der Waals surface area contributed by atoms with Crippen molar-refractivity contribution in [2.75, 3.05) is 4.72 Å². The number of aromatic amines is 1. The zero-order valence-corrected chi connectivity index (χ0v) is 18.9. The van der Waals surface area contributed by atoms with Crippen molar-refractivity contribution in [1.82, 2.24) is 21.0 Å². The Kier molecular flexibility index (Phi) is 6.42. The van der Waals surface area contributed by atoms with E-state index in [1.807, 2.05) is 37.3 Å². The van der Waals surface area contributed by atoms with E-state index in [4.69, 9.17) is 0 Å². The average molecular weight is 476 g/mol. The van der Waals surface area contributed by atoms with Crippen LogP contribution in [-0.2, 0) is 10.0 Å². The van der Waals surface area contributed by atoms with Crippen LogP contribution in [0.15, 0.2) is 89.8 Å². The van der Waals surface area contributed by atoms with E-state index in [1.165, 1.54) is 36.4 Å². The number of nitrogens with zero attached hydrogens (tertiary/aromatic N) is 1. The van der Waals surface area contributed by atoms with Crippen molar-refractivity contribution in [1.29, 1.82) is 0 Å². The second-order valence-electron chi connectivity index (χ2n) is 7.44. The van der Waals surface area contributed by atoms with Crippen LogP contribution in [0.4, 0.5) is 5.69 Å². The summed E-state index contributed by atoms with van der Waals surface area (Å²) in [5.74, 6) is -1.20. The Morgan fingerprint density at radius 2 is 1.53 bits per heavy atom. The molecule has 0 aliphatic rings. The first kappa shape index (κ1) is 22.7. The van der Waals surface area contributed by atoms with Gasteiger partial charge in [0.15, 0.2) is 0 Å². The molecule has 4 aromatic rings. The van der Waals surface area contributed by atoms with Crippen molar-refractivity contribution < 1.29 is 18.0 Å². The van der Waals surface area contributed by atoms with Gasteiger partial charge < -0.3 is 0 Å². The van der Waals surface area contributed by atoms with E-state index >= 15 is 0 Å². The molecular formula is C24H21N5O4S. The first-order chi connectivity index (χ1) is 16.3. The molecule has 9 nitrogen and oxygen atoms in total. The minimum Gasteiger partial charge on any atom is -0.280 e. The molecule has 0 aliphatic carbocycles. The lowest BCUT2D eigenvalue weighted by Crippen LogP contribution is -2.41. The first-order valence-corrected chi connectivity index (χ1v) is 11.7. The van der Waals surface area contributed by atoms with E-state index in [-0.39, 0.29) is 21.8 Å². The van der Waals surface area contributed by atoms with Gasteiger partial charge >= 0.3 is 0 Å². The fraction of sp³-hybridized carbons (Fsp3) is 0.0417. The van der Waals surface area contributed by atoms with Crippen LogP contribution in [0.2, 0.25) is 0 Å². The number of aromatic nitrogens is 2. The normalized spacial score (nSPS) is 11.0. The van der Waals surface area contributed by atoms with Gasteiger partial charge in [-0.15, -0.1) is 0 Å². The predicted octanol–water partition coefficient (Wildman–Crippen LogP) is 3.26. The second kappa shape index (κ2) is 9.59. The molecule has 4 rings (SSSR count). The molecule has 10 heteroatoms. The lowest BCUT2D eigenvalue weighted by molar-refractivity contribution is 0.0844. The molecular weight excluding hydrogens is 454 g/mol. The number of carbonyl (C=O) groups excluding carboxylic acids is 2. The van der Waals surface area contributed by atoms with Crippen molar-refractivity contribution in [3.8, 4) is 11.3 Å². The summed E-state index contributed by atoms with van der Waals surface area (Å²) in [7, 11) is -3.82. The number of carbonyl (C=O) groups is 2. The highest BCUT2D eigenvalue weighted by molar-refractivity contribution is 7.92. The number of anilines is 1. The number of amides is 2. The van der Waals surface area contributed by atoms with Gasteiger partial charge in [0.05, 0.1) is 10.6 Å². The van der Waals surface area contributed by atoms with Crippen LogP contribution >= 0.6 is 0 Å². The lowest BCUT2D eigenvalue weighted by Gasteiger charge is -2.10. The van der Waals surface area contributed by atoms with Crippen LogP contribution in [-0.4, -0.2) is 30.4 Å². The molecule has 172 valence electrons. The highest BCUT2D eigenvalue weighted by atomic mass is 32.2. The van der Waals surface area contributed by atoms with Crippen LogP contribution in [0.1, 0.15) is 26.4 Å². The largest absolute Gasteiger partial charge is 0.287 e. The Bertz CT molecular complexity index is 1430. The van der Waals surface area contributed by atoms with Gasteiger partial charge in [0.1, 0.15) is 5.69 Å². The van der Waals surface area contributed by atoms with E-state index in [9.17, 15) is 18.0 Å². The molecule has 1 aromatic heterocycles. The number of hydrazine groups is 1.